The highest BCUT2D eigenvalue weighted by molar-refractivity contribution is 5.90. The molecular formula is C18H31NO6. The molecule has 0 atom stereocenters. The minimum absolute atomic E-state index is 0.129. The lowest BCUT2D eigenvalue weighted by atomic mass is 10.1. The van der Waals surface area contributed by atoms with Gasteiger partial charge in [0.05, 0.1) is 13.0 Å². The summed E-state index contributed by atoms with van der Waals surface area (Å²) in [6.07, 6.45) is -0.129. The van der Waals surface area contributed by atoms with Gasteiger partial charge in [-0.15, -0.1) is 0 Å². The van der Waals surface area contributed by atoms with E-state index in [0.29, 0.717) is 24.5 Å². The van der Waals surface area contributed by atoms with Crippen LogP contribution in [0.5, 0.6) is 0 Å². The number of aliphatic carboxylic acids is 1. The second-order valence-electron chi connectivity index (χ2n) is 5.85. The van der Waals surface area contributed by atoms with E-state index in [4.69, 9.17) is 9.84 Å². The van der Waals surface area contributed by atoms with Crippen molar-refractivity contribution in [2.75, 3.05) is 6.61 Å². The van der Waals surface area contributed by atoms with Crippen molar-refractivity contribution in [2.45, 2.75) is 67.4 Å². The summed E-state index contributed by atoms with van der Waals surface area (Å²) in [5.74, 6) is -1.39. The highest BCUT2D eigenvalue weighted by Crippen LogP contribution is 2.20. The third kappa shape index (κ3) is 10.2. The molecule has 0 amide bonds. The van der Waals surface area contributed by atoms with Gasteiger partial charge in [0, 0.05) is 5.69 Å². The monoisotopic (exact) mass is 357 g/mol. The zero-order chi connectivity index (χ0) is 20.2. The maximum atomic E-state index is 11.9. The highest BCUT2D eigenvalue weighted by Gasteiger charge is 2.23. The van der Waals surface area contributed by atoms with Crippen LogP contribution in [0.4, 0.5) is 0 Å². The molecule has 1 aromatic heterocycles. The molecule has 0 radical (unpaired) electrons. The predicted octanol–water partition coefficient (Wildman–Crippen LogP) is 3.42. The van der Waals surface area contributed by atoms with Crippen LogP contribution < -0.4 is 0 Å². The molecule has 7 heteroatoms. The van der Waals surface area contributed by atoms with Crippen molar-refractivity contribution in [3.05, 3.63) is 22.5 Å². The zero-order valence-corrected chi connectivity index (χ0v) is 16.5. The van der Waals surface area contributed by atoms with Gasteiger partial charge in [0.15, 0.2) is 0 Å². The van der Waals surface area contributed by atoms with E-state index in [1.807, 2.05) is 13.8 Å². The molecule has 2 N–H and O–H groups in total. The van der Waals surface area contributed by atoms with Crippen LogP contribution in [0, 0.1) is 13.8 Å². The Balaban J connectivity index is 0. The number of carbonyl (C=O) groups excluding carboxylic acids is 2. The van der Waals surface area contributed by atoms with Crippen LogP contribution in [0.2, 0.25) is 0 Å². The van der Waals surface area contributed by atoms with Gasteiger partial charge in [-0.25, -0.2) is 4.79 Å². The van der Waals surface area contributed by atoms with Gasteiger partial charge in [-0.1, -0.05) is 13.8 Å². The third-order valence-corrected chi connectivity index (χ3v) is 2.83. The predicted molar refractivity (Wildman–Crippen MR) is 95.8 cm³/mol. The van der Waals surface area contributed by atoms with Gasteiger partial charge < -0.3 is 19.6 Å². The van der Waals surface area contributed by atoms with Gasteiger partial charge in [0.2, 0.25) is 0 Å². The Kier molecular flexibility index (Phi) is 12.1. The van der Waals surface area contributed by atoms with Gasteiger partial charge in [-0.05, 0) is 52.7 Å². The molecule has 0 aromatic carbocycles. The van der Waals surface area contributed by atoms with Crippen LogP contribution in [0.3, 0.4) is 0 Å². The molecule has 7 nitrogen and oxygen atoms in total. The number of carboxylic acids is 1. The van der Waals surface area contributed by atoms with Crippen LogP contribution in [0.25, 0.3) is 0 Å². The minimum Gasteiger partial charge on any atom is -0.481 e. The fourth-order valence-corrected chi connectivity index (χ4v) is 1.68. The van der Waals surface area contributed by atoms with Crippen LogP contribution >= 0.6 is 0 Å². The van der Waals surface area contributed by atoms with E-state index in [2.05, 4.69) is 9.72 Å². The average molecular weight is 357 g/mol. The Morgan fingerprint density at radius 1 is 1.16 bits per heavy atom. The fourth-order valence-electron chi connectivity index (χ4n) is 1.68. The molecule has 1 aromatic rings. The summed E-state index contributed by atoms with van der Waals surface area (Å²) < 4.78 is 9.41. The number of nitrogens with one attached hydrogen (secondary N) is 1. The van der Waals surface area contributed by atoms with Crippen molar-refractivity contribution in [2.24, 2.45) is 0 Å². The molecule has 1 rings (SSSR count). The molecule has 0 aliphatic heterocycles. The van der Waals surface area contributed by atoms with E-state index < -0.39 is 17.5 Å². The maximum absolute atomic E-state index is 11.9. The Morgan fingerprint density at radius 2 is 1.68 bits per heavy atom. The first-order valence-electron chi connectivity index (χ1n) is 8.21. The molecule has 144 valence electrons. The van der Waals surface area contributed by atoms with Gasteiger partial charge in [0.25, 0.3) is 6.47 Å². The molecule has 0 saturated carbocycles. The molecule has 0 aliphatic rings. The van der Waals surface area contributed by atoms with Gasteiger partial charge in [0.1, 0.15) is 11.3 Å². The largest absolute Gasteiger partial charge is 0.481 e. The second-order valence-corrected chi connectivity index (χ2v) is 5.85. The van der Waals surface area contributed by atoms with Crippen LogP contribution in [0.1, 0.15) is 68.9 Å². The van der Waals surface area contributed by atoms with Crippen molar-refractivity contribution in [3.63, 3.8) is 0 Å². The van der Waals surface area contributed by atoms with Crippen molar-refractivity contribution >= 4 is 18.4 Å². The zero-order valence-electron chi connectivity index (χ0n) is 16.5. The van der Waals surface area contributed by atoms with E-state index >= 15 is 0 Å². The van der Waals surface area contributed by atoms with E-state index in [9.17, 15) is 14.4 Å². The van der Waals surface area contributed by atoms with Crippen molar-refractivity contribution in [1.82, 2.24) is 4.98 Å². The quantitative estimate of drug-likeness (QED) is 0.618. The fraction of sp³-hybridized carbons (Fsp3) is 0.611. The number of aromatic amines is 1. The second kappa shape index (κ2) is 12.1. The summed E-state index contributed by atoms with van der Waals surface area (Å²) in [6.45, 7) is 15.6. The van der Waals surface area contributed by atoms with E-state index in [1.165, 1.54) is 0 Å². The molecule has 0 saturated heterocycles. The number of H-pyrrole nitrogens is 1. The number of aromatic nitrogens is 1. The van der Waals surface area contributed by atoms with E-state index in [1.54, 1.807) is 41.5 Å². The Morgan fingerprint density at radius 3 is 2.00 bits per heavy atom. The summed E-state index contributed by atoms with van der Waals surface area (Å²) in [4.78, 5) is 34.7. The first kappa shape index (κ1) is 24.9. The summed E-state index contributed by atoms with van der Waals surface area (Å²) in [5, 5.41) is 8.78. The number of ether oxygens (including phenoxy) is 2. The van der Waals surface area contributed by atoms with Crippen LogP contribution in [-0.4, -0.2) is 40.7 Å². The highest BCUT2D eigenvalue weighted by atomic mass is 16.6. The number of esters is 1. The van der Waals surface area contributed by atoms with Crippen molar-refractivity contribution in [3.8, 4) is 0 Å². The van der Waals surface area contributed by atoms with Crippen LogP contribution in [0.15, 0.2) is 0 Å². The van der Waals surface area contributed by atoms with Gasteiger partial charge in [-0.2, -0.15) is 0 Å². The lowest BCUT2D eigenvalue weighted by molar-refractivity contribution is -0.136. The molecule has 0 bridgehead atoms. The molecule has 0 spiro atoms. The normalized spacial score (nSPS) is 9.76. The van der Waals surface area contributed by atoms with Gasteiger partial charge >= 0.3 is 11.9 Å². The number of carbonyl (C=O) groups is 3. The Labute approximate surface area is 149 Å². The number of carboxylic acid groups (broad SMARTS) is 1. The Hall–Kier alpha value is -2.31. The minimum atomic E-state index is -0.935. The number of rotatable bonds is 5. The molecule has 0 fully saturated rings. The standard InChI is InChI=1S/C13H19NO4.C3H6O2.C2H6/c1-7-8(2)11(12(17)18-13(3,4)5)14-9(7)6-10(15)16;1-2-5-3-4;1-2/h14H,6H2,1-5H3,(H,15,16);3H,2H2,1H3;1-2H3. The molecule has 0 aliphatic carbocycles. The van der Waals surface area contributed by atoms with E-state index in [0.717, 1.165) is 11.1 Å². The molecule has 0 unspecified atom stereocenters. The molecular weight excluding hydrogens is 326 g/mol. The summed E-state index contributed by atoms with van der Waals surface area (Å²) >= 11 is 0. The first-order valence-corrected chi connectivity index (χ1v) is 8.21. The van der Waals surface area contributed by atoms with Crippen LogP contribution in [-0.2, 0) is 25.5 Å². The number of hydrogen-bond acceptors (Lipinski definition) is 5. The van der Waals surface area contributed by atoms with Gasteiger partial charge in [-0.3, -0.25) is 9.59 Å². The Bertz CT molecular complexity index is 555. The third-order valence-electron chi connectivity index (χ3n) is 2.83. The summed E-state index contributed by atoms with van der Waals surface area (Å²) in [7, 11) is 0. The molecule has 1 heterocycles. The average Bonchev–Trinajstić information content (AvgIpc) is 2.77. The number of hydrogen-bond donors (Lipinski definition) is 2. The van der Waals surface area contributed by atoms with Crippen molar-refractivity contribution < 1.29 is 29.0 Å². The van der Waals surface area contributed by atoms with Crippen molar-refractivity contribution in [1.29, 1.82) is 0 Å². The SMILES string of the molecule is CC.CCOC=O.Cc1c(CC(=O)O)[nH]c(C(=O)OC(C)(C)C)c1C. The summed E-state index contributed by atoms with van der Waals surface area (Å²) in [6, 6.07) is 0. The summed E-state index contributed by atoms with van der Waals surface area (Å²) in [5.41, 5.74) is 1.83. The lowest BCUT2D eigenvalue weighted by Gasteiger charge is -2.19. The topological polar surface area (TPSA) is 106 Å². The molecule has 25 heavy (non-hydrogen) atoms. The maximum Gasteiger partial charge on any atom is 0.355 e. The smallest absolute Gasteiger partial charge is 0.355 e. The van der Waals surface area contributed by atoms with E-state index in [-0.39, 0.29) is 6.42 Å². The lowest BCUT2D eigenvalue weighted by Crippen LogP contribution is -2.24. The first-order chi connectivity index (χ1) is 11.5.